The van der Waals surface area contributed by atoms with Crippen molar-refractivity contribution in [2.75, 3.05) is 0 Å². The molecule has 8 heteroatoms. The molecule has 146 valence electrons. The normalized spacial score (nSPS) is 12.5. The number of hydrogen-bond donors (Lipinski definition) is 0. The summed E-state index contributed by atoms with van der Waals surface area (Å²) in [6.45, 7) is 0. The van der Waals surface area contributed by atoms with Gasteiger partial charge in [-0.3, -0.25) is 0 Å². The molecule has 0 fully saturated rings. The number of carbonyl (C=O) groups excluding carboxylic acids is 1. The van der Waals surface area contributed by atoms with Crippen LogP contribution in [0.3, 0.4) is 0 Å². The van der Waals surface area contributed by atoms with Gasteiger partial charge in [-0.2, -0.15) is 13.2 Å². The lowest BCUT2D eigenvalue weighted by atomic mass is 10.4. The molecular formula is C20H13F3I2O2S. The Labute approximate surface area is 189 Å². The lowest BCUT2D eigenvalue weighted by molar-refractivity contribution is -0.188. The number of benzene rings is 3. The van der Waals surface area contributed by atoms with E-state index in [2.05, 4.69) is 45.2 Å². The Morgan fingerprint density at radius 2 is 1.11 bits per heavy atom. The number of hydrogen-bond acceptors (Lipinski definition) is 2. The molecule has 0 N–H and O–H groups in total. The third-order valence-electron chi connectivity index (χ3n) is 3.80. The van der Waals surface area contributed by atoms with Crippen LogP contribution in [0.25, 0.3) is 0 Å². The minimum atomic E-state index is -5.10. The van der Waals surface area contributed by atoms with Gasteiger partial charge in [-0.05, 0) is 116 Å². The maximum Gasteiger partial charge on any atom is 0.491 e. The van der Waals surface area contributed by atoms with Gasteiger partial charge in [0.25, 0.3) is 0 Å². The Kier molecular flexibility index (Phi) is 6.60. The number of carbonyl (C=O) groups is 1. The lowest BCUT2D eigenvalue weighted by Gasteiger charge is -2.39. The smallest absolute Gasteiger partial charge is 0.395 e. The van der Waals surface area contributed by atoms with Crippen LogP contribution in [-0.4, -0.2) is 12.1 Å². The van der Waals surface area contributed by atoms with Gasteiger partial charge in [-0.1, -0.05) is 18.2 Å². The summed E-state index contributed by atoms with van der Waals surface area (Å²) in [5.41, 5.74) is 0. The number of halogens is 5. The van der Waals surface area contributed by atoms with E-state index in [-0.39, 0.29) is 0 Å². The fraction of sp³-hybridized carbons (Fsp3) is 0.0500. The van der Waals surface area contributed by atoms with Crippen molar-refractivity contribution in [2.24, 2.45) is 0 Å². The van der Waals surface area contributed by atoms with Gasteiger partial charge >= 0.3 is 12.1 Å². The zero-order valence-electron chi connectivity index (χ0n) is 14.1. The molecule has 3 aromatic rings. The SMILES string of the molecule is O=C(OS(c1ccccc1)(c1ccc(I)cc1)c1ccc(I)cc1)C(F)(F)F. The van der Waals surface area contributed by atoms with Gasteiger partial charge in [-0.25, -0.2) is 4.79 Å². The Balaban J connectivity index is 2.32. The lowest BCUT2D eigenvalue weighted by Crippen LogP contribution is -2.27. The minimum Gasteiger partial charge on any atom is -0.395 e. The topological polar surface area (TPSA) is 26.3 Å². The van der Waals surface area contributed by atoms with Crippen molar-refractivity contribution in [3.05, 3.63) is 86.0 Å². The molecule has 28 heavy (non-hydrogen) atoms. The quantitative estimate of drug-likeness (QED) is 0.286. The molecule has 0 amide bonds. The predicted octanol–water partition coefficient (Wildman–Crippen LogP) is 7.20. The third kappa shape index (κ3) is 4.48. The van der Waals surface area contributed by atoms with E-state index in [0.717, 1.165) is 7.14 Å². The van der Waals surface area contributed by atoms with E-state index in [4.69, 9.17) is 4.18 Å². The molecule has 0 unspecified atom stereocenters. The molecule has 0 aliphatic heterocycles. The number of rotatable bonds is 4. The molecule has 0 saturated heterocycles. The second-order valence-corrected chi connectivity index (χ2v) is 10.8. The Morgan fingerprint density at radius 1 is 0.714 bits per heavy atom. The van der Waals surface area contributed by atoms with Crippen LogP contribution in [0, 0.1) is 7.14 Å². The van der Waals surface area contributed by atoms with E-state index in [0.29, 0.717) is 14.7 Å². The van der Waals surface area contributed by atoms with Crippen molar-refractivity contribution < 1.29 is 22.1 Å². The Bertz CT molecular complexity index is 914. The van der Waals surface area contributed by atoms with Gasteiger partial charge in [-0.15, -0.1) is 0 Å². The van der Waals surface area contributed by atoms with E-state index >= 15 is 0 Å². The first kappa shape index (κ1) is 21.4. The maximum atomic E-state index is 13.2. The van der Waals surface area contributed by atoms with Crippen molar-refractivity contribution in [1.82, 2.24) is 0 Å². The summed E-state index contributed by atoms with van der Waals surface area (Å²) in [5.74, 6) is -2.21. The number of alkyl halides is 3. The third-order valence-corrected chi connectivity index (χ3v) is 8.45. The highest BCUT2D eigenvalue weighted by atomic mass is 127. The maximum absolute atomic E-state index is 13.2. The van der Waals surface area contributed by atoms with Crippen LogP contribution < -0.4 is 0 Å². The fourth-order valence-electron chi connectivity index (χ4n) is 2.58. The van der Waals surface area contributed by atoms with Gasteiger partial charge in [0.2, 0.25) is 0 Å². The van der Waals surface area contributed by atoms with Crippen molar-refractivity contribution in [2.45, 2.75) is 20.9 Å². The van der Waals surface area contributed by atoms with Crippen LogP contribution in [0.2, 0.25) is 0 Å². The van der Waals surface area contributed by atoms with Crippen LogP contribution in [0.5, 0.6) is 0 Å². The molecule has 3 rings (SSSR count). The second-order valence-electron chi connectivity index (χ2n) is 5.65. The molecule has 0 spiro atoms. The van der Waals surface area contributed by atoms with Crippen molar-refractivity contribution >= 4 is 61.5 Å². The Morgan fingerprint density at radius 3 is 1.50 bits per heavy atom. The fourth-order valence-corrected chi connectivity index (χ4v) is 6.30. The summed E-state index contributed by atoms with van der Waals surface area (Å²) >= 11 is 4.23. The summed E-state index contributed by atoms with van der Waals surface area (Å²) < 4.78 is 46.8. The van der Waals surface area contributed by atoms with E-state index in [9.17, 15) is 18.0 Å². The van der Waals surface area contributed by atoms with E-state index in [1.807, 2.05) is 0 Å². The molecule has 0 heterocycles. The van der Waals surface area contributed by atoms with Crippen LogP contribution in [0.1, 0.15) is 0 Å². The van der Waals surface area contributed by atoms with Gasteiger partial charge in [0, 0.05) is 21.8 Å². The zero-order valence-corrected chi connectivity index (χ0v) is 19.3. The van der Waals surface area contributed by atoms with Crippen LogP contribution in [-0.2, 0) is 8.98 Å². The molecule has 0 radical (unpaired) electrons. The molecule has 0 bridgehead atoms. The molecule has 0 aliphatic carbocycles. The molecule has 2 nitrogen and oxygen atoms in total. The highest BCUT2D eigenvalue weighted by Crippen LogP contribution is 2.69. The van der Waals surface area contributed by atoms with Crippen LogP contribution in [0.15, 0.2) is 93.5 Å². The first-order chi connectivity index (χ1) is 13.2. The molecule has 0 saturated carbocycles. The summed E-state index contributed by atoms with van der Waals surface area (Å²) in [6.07, 6.45) is -5.10. The van der Waals surface area contributed by atoms with Gasteiger partial charge in [0.05, 0.1) is 0 Å². The largest absolute Gasteiger partial charge is 0.491 e. The van der Waals surface area contributed by atoms with Gasteiger partial charge in [0.1, 0.15) is 0 Å². The van der Waals surface area contributed by atoms with E-state index in [1.165, 1.54) is 0 Å². The van der Waals surface area contributed by atoms with Crippen LogP contribution in [0.4, 0.5) is 13.2 Å². The summed E-state index contributed by atoms with van der Waals surface area (Å²) in [5, 5.41) is 0. The van der Waals surface area contributed by atoms with E-state index < -0.39 is 22.5 Å². The molecule has 0 aliphatic rings. The zero-order chi connectivity index (χ0) is 20.4. The Hall–Kier alpha value is -1.27. The second kappa shape index (κ2) is 8.62. The van der Waals surface area contributed by atoms with Crippen molar-refractivity contribution in [1.29, 1.82) is 0 Å². The average molecular weight is 628 g/mol. The summed E-state index contributed by atoms with van der Waals surface area (Å²) in [4.78, 5) is 13.5. The molecule has 0 aromatic heterocycles. The first-order valence-electron chi connectivity index (χ1n) is 7.94. The highest BCUT2D eigenvalue weighted by molar-refractivity contribution is 14.1. The van der Waals surface area contributed by atoms with Gasteiger partial charge < -0.3 is 4.18 Å². The van der Waals surface area contributed by atoms with Crippen LogP contribution >= 0.6 is 55.5 Å². The standard InChI is InChI=1S/C20H13F3I2O2S/c21-20(22,23)19(26)27-28(16-4-2-1-3-5-16,17-10-6-14(24)7-11-17)18-12-8-15(25)9-13-18/h1-13H. The average Bonchev–Trinajstić information content (AvgIpc) is 2.67. The molecule has 0 atom stereocenters. The van der Waals surface area contributed by atoms with Gasteiger partial charge in [0.15, 0.2) is 0 Å². The molecular weight excluding hydrogens is 615 g/mol. The first-order valence-corrected chi connectivity index (χ1v) is 11.7. The van der Waals surface area contributed by atoms with E-state index in [1.54, 1.807) is 78.9 Å². The summed E-state index contributed by atoms with van der Waals surface area (Å²) in [6, 6.07) is 22.6. The molecule has 3 aromatic carbocycles. The summed E-state index contributed by atoms with van der Waals surface area (Å²) in [7, 11) is -2.92. The van der Waals surface area contributed by atoms with Crippen molar-refractivity contribution in [3.8, 4) is 0 Å². The minimum absolute atomic E-state index is 0.509. The highest BCUT2D eigenvalue weighted by Gasteiger charge is 2.47. The monoisotopic (exact) mass is 628 g/mol. The predicted molar refractivity (Wildman–Crippen MR) is 119 cm³/mol. The van der Waals surface area contributed by atoms with Crippen molar-refractivity contribution in [3.63, 3.8) is 0 Å².